The predicted octanol–water partition coefficient (Wildman–Crippen LogP) is 0.608. The second kappa shape index (κ2) is 4.84. The fourth-order valence-electron chi connectivity index (χ4n) is 1.17. The molecule has 1 N–H and O–H groups in total. The predicted molar refractivity (Wildman–Crippen MR) is 47.0 cm³/mol. The van der Waals surface area contributed by atoms with Crippen LogP contribution in [0.15, 0.2) is 0 Å². The van der Waals surface area contributed by atoms with Crippen LogP contribution in [0.1, 0.15) is 32.6 Å². The summed E-state index contributed by atoms with van der Waals surface area (Å²) in [7, 11) is 0. The number of nitrogens with one attached hydrogen (secondary N) is 1. The number of carbonyl (C=O) groups is 2. The monoisotopic (exact) mass is 185 g/mol. The minimum absolute atomic E-state index is 0.148. The van der Waals surface area contributed by atoms with Crippen LogP contribution >= 0.6 is 0 Å². The van der Waals surface area contributed by atoms with E-state index in [2.05, 4.69) is 10.1 Å². The number of esters is 1. The molecule has 1 rings (SSSR count). The zero-order valence-electron chi connectivity index (χ0n) is 7.84. The average Bonchev–Trinajstić information content (AvgIpc) is 1.97. The summed E-state index contributed by atoms with van der Waals surface area (Å²) in [5, 5.41) is 2.77. The number of carbonyl (C=O) groups excluding carboxylic acids is 2. The molecule has 13 heavy (non-hydrogen) atoms. The highest BCUT2D eigenvalue weighted by atomic mass is 16.5. The third kappa shape index (κ3) is 3.44. The molecule has 0 aromatic carbocycles. The van der Waals surface area contributed by atoms with Gasteiger partial charge in [0.25, 0.3) is 0 Å². The van der Waals surface area contributed by atoms with Crippen LogP contribution in [0.25, 0.3) is 0 Å². The summed E-state index contributed by atoms with van der Waals surface area (Å²) < 4.78 is 4.65. The van der Waals surface area contributed by atoms with Gasteiger partial charge in [-0.1, -0.05) is 0 Å². The Bertz CT molecular complexity index is 199. The molecule has 4 nitrogen and oxygen atoms in total. The maximum Gasteiger partial charge on any atom is 0.315 e. The van der Waals surface area contributed by atoms with Crippen molar-refractivity contribution in [1.29, 1.82) is 0 Å². The Hall–Kier alpha value is -1.06. The van der Waals surface area contributed by atoms with Crippen LogP contribution in [-0.2, 0) is 14.3 Å². The van der Waals surface area contributed by atoms with E-state index < -0.39 is 5.97 Å². The van der Waals surface area contributed by atoms with Gasteiger partial charge in [-0.3, -0.25) is 9.59 Å². The van der Waals surface area contributed by atoms with E-state index in [9.17, 15) is 9.59 Å². The molecule has 1 saturated carbocycles. The number of hydrogen-bond acceptors (Lipinski definition) is 3. The first-order chi connectivity index (χ1) is 6.22. The minimum Gasteiger partial charge on any atom is -0.466 e. The second-order valence-electron chi connectivity index (χ2n) is 3.18. The van der Waals surface area contributed by atoms with Gasteiger partial charge in [-0.15, -0.1) is 0 Å². The van der Waals surface area contributed by atoms with Crippen LogP contribution in [0.2, 0.25) is 0 Å². The highest BCUT2D eigenvalue weighted by Gasteiger charge is 2.20. The molecule has 1 aliphatic carbocycles. The van der Waals surface area contributed by atoms with Gasteiger partial charge in [0.05, 0.1) is 6.61 Å². The van der Waals surface area contributed by atoms with Gasteiger partial charge in [0.1, 0.15) is 6.42 Å². The lowest BCUT2D eigenvalue weighted by Gasteiger charge is -2.26. The maximum atomic E-state index is 11.1. The van der Waals surface area contributed by atoms with E-state index in [4.69, 9.17) is 0 Å². The molecule has 0 radical (unpaired) electrons. The van der Waals surface area contributed by atoms with Crippen LogP contribution in [0.3, 0.4) is 0 Å². The van der Waals surface area contributed by atoms with Crippen molar-refractivity contribution in [2.24, 2.45) is 0 Å². The summed E-state index contributed by atoms with van der Waals surface area (Å²) in [6, 6.07) is 0.293. The van der Waals surface area contributed by atoms with Gasteiger partial charge in [0.2, 0.25) is 5.91 Å². The fourth-order valence-corrected chi connectivity index (χ4v) is 1.17. The summed E-state index contributed by atoms with van der Waals surface area (Å²) in [5.74, 6) is -0.664. The fraction of sp³-hybridized carbons (Fsp3) is 0.778. The molecule has 74 valence electrons. The van der Waals surface area contributed by atoms with Crippen molar-refractivity contribution in [2.75, 3.05) is 6.61 Å². The number of rotatable bonds is 4. The maximum absolute atomic E-state index is 11.1. The third-order valence-electron chi connectivity index (χ3n) is 2.08. The smallest absolute Gasteiger partial charge is 0.315 e. The second-order valence-corrected chi connectivity index (χ2v) is 3.18. The van der Waals surface area contributed by atoms with E-state index in [1.807, 2.05) is 0 Å². The molecule has 0 heterocycles. The number of ether oxygens (including phenoxy) is 1. The molecule has 1 fully saturated rings. The average molecular weight is 185 g/mol. The van der Waals surface area contributed by atoms with Crippen LogP contribution in [0, 0.1) is 0 Å². The molecule has 0 bridgehead atoms. The van der Waals surface area contributed by atoms with Gasteiger partial charge in [0.15, 0.2) is 0 Å². The zero-order chi connectivity index (χ0) is 9.68. The molecule has 0 aliphatic heterocycles. The highest BCUT2D eigenvalue weighted by molar-refractivity contribution is 5.94. The van der Waals surface area contributed by atoms with Crippen molar-refractivity contribution in [1.82, 2.24) is 5.32 Å². The van der Waals surface area contributed by atoms with E-state index in [0.717, 1.165) is 12.8 Å². The summed E-state index contributed by atoms with van der Waals surface area (Å²) in [4.78, 5) is 22.0. The minimum atomic E-state index is -0.445. The van der Waals surface area contributed by atoms with E-state index in [-0.39, 0.29) is 12.3 Å². The van der Waals surface area contributed by atoms with Crippen LogP contribution in [-0.4, -0.2) is 24.5 Å². The quantitative estimate of drug-likeness (QED) is 0.515. The van der Waals surface area contributed by atoms with Crippen molar-refractivity contribution in [3.05, 3.63) is 0 Å². The Labute approximate surface area is 77.6 Å². The third-order valence-corrected chi connectivity index (χ3v) is 2.08. The van der Waals surface area contributed by atoms with Gasteiger partial charge < -0.3 is 10.1 Å². The normalized spacial score (nSPS) is 16.1. The molecule has 0 spiro atoms. The van der Waals surface area contributed by atoms with E-state index in [1.165, 1.54) is 6.42 Å². The first-order valence-electron chi connectivity index (χ1n) is 4.67. The van der Waals surface area contributed by atoms with E-state index in [1.54, 1.807) is 6.92 Å². The molecule has 1 aliphatic rings. The van der Waals surface area contributed by atoms with Crippen LogP contribution < -0.4 is 5.32 Å². The van der Waals surface area contributed by atoms with Crippen molar-refractivity contribution in [3.63, 3.8) is 0 Å². The molecule has 4 heteroatoms. The Kier molecular flexibility index (Phi) is 3.73. The van der Waals surface area contributed by atoms with Gasteiger partial charge in [-0.05, 0) is 26.2 Å². The number of hydrogen-bond donors (Lipinski definition) is 1. The molecule has 0 aromatic rings. The Morgan fingerprint density at radius 2 is 2.15 bits per heavy atom. The lowest BCUT2D eigenvalue weighted by atomic mass is 9.93. The summed E-state index contributed by atoms with van der Waals surface area (Å²) in [6.45, 7) is 2.05. The Morgan fingerprint density at radius 3 is 2.62 bits per heavy atom. The van der Waals surface area contributed by atoms with E-state index >= 15 is 0 Å². The van der Waals surface area contributed by atoms with Gasteiger partial charge >= 0.3 is 5.97 Å². The number of amides is 1. The first-order valence-corrected chi connectivity index (χ1v) is 4.67. The van der Waals surface area contributed by atoms with E-state index in [0.29, 0.717) is 12.6 Å². The van der Waals surface area contributed by atoms with Gasteiger partial charge in [-0.2, -0.15) is 0 Å². The van der Waals surface area contributed by atoms with Gasteiger partial charge in [0, 0.05) is 6.04 Å². The molecule has 0 unspecified atom stereocenters. The molecular weight excluding hydrogens is 170 g/mol. The Morgan fingerprint density at radius 1 is 1.46 bits per heavy atom. The highest BCUT2D eigenvalue weighted by Crippen LogP contribution is 2.17. The molecular formula is C9H15NO3. The topological polar surface area (TPSA) is 55.4 Å². The zero-order valence-corrected chi connectivity index (χ0v) is 7.84. The first kappa shape index (κ1) is 10.0. The van der Waals surface area contributed by atoms with Crippen molar-refractivity contribution in [2.45, 2.75) is 38.6 Å². The molecule has 0 saturated heterocycles. The Balaban J connectivity index is 2.12. The standard InChI is InChI=1S/C9H15NO3/c1-2-13-9(12)6-8(11)10-7-4-3-5-7/h7H,2-6H2,1H3,(H,10,11). The molecule has 1 amide bonds. The van der Waals surface area contributed by atoms with Crippen molar-refractivity contribution < 1.29 is 14.3 Å². The van der Waals surface area contributed by atoms with Gasteiger partial charge in [-0.25, -0.2) is 0 Å². The summed E-state index contributed by atoms with van der Waals surface area (Å²) in [6.07, 6.45) is 3.10. The van der Waals surface area contributed by atoms with Crippen LogP contribution in [0.4, 0.5) is 0 Å². The van der Waals surface area contributed by atoms with Crippen LogP contribution in [0.5, 0.6) is 0 Å². The lowest BCUT2D eigenvalue weighted by molar-refractivity contribution is -0.146. The van der Waals surface area contributed by atoms with Crippen molar-refractivity contribution >= 4 is 11.9 Å². The largest absolute Gasteiger partial charge is 0.466 e. The lowest BCUT2D eigenvalue weighted by Crippen LogP contribution is -2.40. The summed E-state index contributed by atoms with van der Waals surface area (Å²) in [5.41, 5.74) is 0. The molecule has 0 aromatic heterocycles. The summed E-state index contributed by atoms with van der Waals surface area (Å²) >= 11 is 0. The SMILES string of the molecule is CCOC(=O)CC(=O)NC1CCC1. The molecule has 0 atom stereocenters. The van der Waals surface area contributed by atoms with Crippen molar-refractivity contribution in [3.8, 4) is 0 Å².